The molecule has 1 unspecified atom stereocenters. The van der Waals surface area contributed by atoms with Gasteiger partial charge in [0.1, 0.15) is 23.0 Å². The Balaban J connectivity index is 1.84. The van der Waals surface area contributed by atoms with Crippen LogP contribution >= 0.6 is 11.3 Å². The molecule has 1 fully saturated rings. The van der Waals surface area contributed by atoms with E-state index in [1.165, 1.54) is 11.0 Å². The van der Waals surface area contributed by atoms with Crippen LogP contribution in [0, 0.1) is 6.92 Å². The van der Waals surface area contributed by atoms with Crippen molar-refractivity contribution in [2.24, 2.45) is 0 Å². The molecule has 0 aliphatic carbocycles. The number of amides is 1. The van der Waals surface area contributed by atoms with Gasteiger partial charge in [-0.1, -0.05) is 87.6 Å². The number of nitrogens with zero attached hydrogens (tertiary/aromatic N) is 2. The Bertz CT molecular complexity index is 1490. The van der Waals surface area contributed by atoms with Gasteiger partial charge in [0, 0.05) is 5.56 Å². The fourth-order valence-corrected chi connectivity index (χ4v) is 5.49. The second-order valence-electron chi connectivity index (χ2n) is 10.0. The van der Waals surface area contributed by atoms with E-state index >= 15 is 0 Å². The summed E-state index contributed by atoms with van der Waals surface area (Å²) in [6.45, 7) is 11.9. The van der Waals surface area contributed by atoms with E-state index in [9.17, 15) is 19.5 Å². The smallest absolute Gasteiger partial charge is 0.350 e. The molecule has 8 nitrogen and oxygen atoms in total. The van der Waals surface area contributed by atoms with Gasteiger partial charge >= 0.3 is 11.9 Å². The molecule has 1 aromatic heterocycles. The maximum absolute atomic E-state index is 13.6. The van der Waals surface area contributed by atoms with Gasteiger partial charge in [-0.3, -0.25) is 14.5 Å². The number of carbonyl (C=O) groups is 3. The zero-order valence-corrected chi connectivity index (χ0v) is 24.5. The van der Waals surface area contributed by atoms with E-state index < -0.39 is 23.7 Å². The minimum absolute atomic E-state index is 0.0272. The predicted molar refractivity (Wildman–Crippen MR) is 159 cm³/mol. The van der Waals surface area contributed by atoms with Gasteiger partial charge in [-0.15, -0.1) is 0 Å². The lowest BCUT2D eigenvalue weighted by Gasteiger charge is -2.23. The summed E-state index contributed by atoms with van der Waals surface area (Å²) in [5.74, 6) is -1.78. The zero-order valence-electron chi connectivity index (χ0n) is 23.7. The second-order valence-corrected chi connectivity index (χ2v) is 11.0. The summed E-state index contributed by atoms with van der Waals surface area (Å²) in [5.41, 5.74) is 2.35. The van der Waals surface area contributed by atoms with Gasteiger partial charge in [0.25, 0.3) is 5.78 Å². The maximum atomic E-state index is 13.6. The summed E-state index contributed by atoms with van der Waals surface area (Å²) in [6, 6.07) is 13.4. The van der Waals surface area contributed by atoms with E-state index in [1.54, 1.807) is 31.2 Å². The third-order valence-electron chi connectivity index (χ3n) is 6.75. The van der Waals surface area contributed by atoms with Crippen LogP contribution < -0.4 is 9.64 Å². The molecule has 1 aliphatic rings. The Labute approximate surface area is 243 Å². The third kappa shape index (κ3) is 6.25. The molecular formula is C32H34N2O6S. The molecule has 1 amide bonds. The number of aromatic nitrogens is 1. The van der Waals surface area contributed by atoms with E-state index in [2.05, 4.69) is 32.3 Å². The van der Waals surface area contributed by atoms with Gasteiger partial charge in [-0.2, -0.15) is 0 Å². The highest BCUT2D eigenvalue weighted by atomic mass is 32.1. The lowest BCUT2D eigenvalue weighted by atomic mass is 9.93. The number of rotatable bonds is 11. The average Bonchev–Trinajstić information content (AvgIpc) is 3.48. The number of benzene rings is 2. The predicted octanol–water partition coefficient (Wildman–Crippen LogP) is 6.72. The Kier molecular flexibility index (Phi) is 9.39. The van der Waals surface area contributed by atoms with Crippen molar-refractivity contribution in [3.8, 4) is 5.75 Å². The molecule has 9 heteroatoms. The van der Waals surface area contributed by atoms with Crippen molar-refractivity contribution in [2.45, 2.75) is 52.5 Å². The van der Waals surface area contributed by atoms with Gasteiger partial charge in [0.15, 0.2) is 5.13 Å². The minimum Gasteiger partial charge on any atom is -0.507 e. The molecule has 2 heterocycles. The van der Waals surface area contributed by atoms with Crippen molar-refractivity contribution < 1.29 is 29.0 Å². The number of hydrogen-bond acceptors (Lipinski definition) is 8. The number of unbranched alkanes of at least 4 members (excludes halogenated alkanes) is 1. The normalized spacial score (nSPS) is 16.3. The number of ether oxygens (including phenoxy) is 2. The highest BCUT2D eigenvalue weighted by Gasteiger charge is 2.48. The number of ketones is 1. The Morgan fingerprint density at radius 3 is 2.59 bits per heavy atom. The molecule has 1 N–H and O–H groups in total. The molecule has 4 rings (SSSR count). The van der Waals surface area contributed by atoms with Crippen molar-refractivity contribution in [1.82, 2.24) is 4.98 Å². The molecule has 3 aromatic rings. The molecule has 0 spiro atoms. The van der Waals surface area contributed by atoms with Crippen LogP contribution in [-0.2, 0) is 14.3 Å². The van der Waals surface area contributed by atoms with Gasteiger partial charge in [0.2, 0.25) is 0 Å². The van der Waals surface area contributed by atoms with Crippen molar-refractivity contribution in [3.63, 3.8) is 0 Å². The fraction of sp³-hybridized carbons (Fsp3) is 0.312. The first kappa shape index (κ1) is 29.7. The largest absolute Gasteiger partial charge is 0.507 e. The molecule has 0 radical (unpaired) electrons. The van der Waals surface area contributed by atoms with Crippen molar-refractivity contribution in [3.05, 3.63) is 94.0 Å². The Hall–Kier alpha value is -4.24. The van der Waals surface area contributed by atoms with Gasteiger partial charge in [-0.05, 0) is 42.5 Å². The Morgan fingerprint density at radius 2 is 1.93 bits per heavy atom. The molecular weight excluding hydrogens is 540 g/mol. The highest BCUT2D eigenvalue weighted by Crippen LogP contribution is 2.44. The maximum Gasteiger partial charge on any atom is 0.350 e. The topological polar surface area (TPSA) is 106 Å². The molecule has 214 valence electrons. The minimum atomic E-state index is -0.969. The van der Waals surface area contributed by atoms with E-state index in [4.69, 9.17) is 9.47 Å². The fourth-order valence-electron chi connectivity index (χ4n) is 4.51. The van der Waals surface area contributed by atoms with E-state index in [-0.39, 0.29) is 33.9 Å². The Morgan fingerprint density at radius 1 is 1.20 bits per heavy atom. The van der Waals surface area contributed by atoms with E-state index in [0.717, 1.165) is 29.7 Å². The number of esters is 1. The van der Waals surface area contributed by atoms with Crippen LogP contribution in [0.25, 0.3) is 5.76 Å². The van der Waals surface area contributed by atoms with Crippen LogP contribution in [-0.4, -0.2) is 41.0 Å². The molecule has 0 bridgehead atoms. The highest BCUT2D eigenvalue weighted by molar-refractivity contribution is 7.17. The SMILES string of the molecule is C=CCOC(=O)c1sc(N2C(=O)C(=O)C(=C(O)c3cccc(OCCCC)c3)C2c2ccc(C(C)C)cc2)nc1C. The zero-order chi connectivity index (χ0) is 29.7. The van der Waals surface area contributed by atoms with Gasteiger partial charge in [0.05, 0.1) is 23.9 Å². The molecule has 1 saturated heterocycles. The molecule has 0 saturated carbocycles. The lowest BCUT2D eigenvalue weighted by Crippen LogP contribution is -2.29. The van der Waals surface area contributed by atoms with Crippen LogP contribution in [0.5, 0.6) is 5.75 Å². The summed E-state index contributed by atoms with van der Waals surface area (Å²) in [5, 5.41) is 11.7. The van der Waals surface area contributed by atoms with E-state index in [0.29, 0.717) is 29.2 Å². The first-order chi connectivity index (χ1) is 19.7. The molecule has 1 atom stereocenters. The first-order valence-electron chi connectivity index (χ1n) is 13.6. The molecule has 2 aromatic carbocycles. The number of anilines is 1. The summed E-state index contributed by atoms with van der Waals surface area (Å²) in [4.78, 5) is 45.7. The van der Waals surface area contributed by atoms with Crippen LogP contribution in [0.4, 0.5) is 5.13 Å². The van der Waals surface area contributed by atoms with Gasteiger partial charge < -0.3 is 14.6 Å². The summed E-state index contributed by atoms with van der Waals surface area (Å²) in [7, 11) is 0. The number of carbonyl (C=O) groups excluding carboxylic acids is 3. The number of hydrogen-bond donors (Lipinski definition) is 1. The van der Waals surface area contributed by atoms with Crippen molar-refractivity contribution in [1.29, 1.82) is 0 Å². The number of thiazole rings is 1. The van der Waals surface area contributed by atoms with Crippen LogP contribution in [0.2, 0.25) is 0 Å². The average molecular weight is 575 g/mol. The number of Topliss-reactive ketones (excluding diaryl/α,β-unsaturated/α-hetero) is 1. The van der Waals surface area contributed by atoms with E-state index in [1.807, 2.05) is 24.3 Å². The number of aliphatic hydroxyl groups is 1. The van der Waals surface area contributed by atoms with Crippen LogP contribution in [0.1, 0.15) is 77.6 Å². The van der Waals surface area contributed by atoms with Crippen LogP contribution in [0.15, 0.2) is 66.8 Å². The summed E-state index contributed by atoms with van der Waals surface area (Å²) >= 11 is 0.959. The van der Waals surface area contributed by atoms with Gasteiger partial charge in [-0.25, -0.2) is 9.78 Å². The van der Waals surface area contributed by atoms with Crippen LogP contribution in [0.3, 0.4) is 0 Å². The second kappa shape index (κ2) is 13.0. The number of aryl methyl sites for hydroxylation is 1. The number of aliphatic hydroxyl groups excluding tert-OH is 1. The summed E-state index contributed by atoms with van der Waals surface area (Å²) in [6.07, 6.45) is 3.31. The van der Waals surface area contributed by atoms with Crippen molar-refractivity contribution in [2.75, 3.05) is 18.1 Å². The lowest BCUT2D eigenvalue weighted by molar-refractivity contribution is -0.132. The summed E-state index contributed by atoms with van der Waals surface area (Å²) < 4.78 is 11.0. The standard InChI is InChI=1S/C32H34N2O6S/c1-6-8-17-39-24-11-9-10-23(18-24)27(35)25-26(22-14-12-21(13-15-22)19(3)4)34(30(37)28(25)36)32-33-20(5)29(41-32)31(38)40-16-7-2/h7,9-15,18-19,26,35H,2,6,8,16-17H2,1,3-5H3. The molecule has 41 heavy (non-hydrogen) atoms. The monoisotopic (exact) mass is 574 g/mol. The third-order valence-corrected chi connectivity index (χ3v) is 7.88. The molecule has 1 aliphatic heterocycles. The quantitative estimate of drug-likeness (QED) is 0.0676. The first-order valence-corrected chi connectivity index (χ1v) is 14.4. The van der Waals surface area contributed by atoms with Crippen molar-refractivity contribution >= 4 is 39.9 Å².